The summed E-state index contributed by atoms with van der Waals surface area (Å²) in [6.45, 7) is 5.38. The number of thioether (sulfide) groups is 1. The van der Waals surface area contributed by atoms with E-state index in [1.54, 1.807) is 0 Å². The Morgan fingerprint density at radius 1 is 1.62 bits per heavy atom. The SMILES string of the molecule is CNC(C)CCSC1CCOC1C. The molecule has 0 amide bonds. The predicted octanol–water partition coefficient (Wildman–Crippen LogP) is 1.90. The average molecular weight is 203 g/mol. The summed E-state index contributed by atoms with van der Waals surface area (Å²) in [6, 6.07) is 0.644. The second kappa shape index (κ2) is 5.89. The number of hydrogen-bond donors (Lipinski definition) is 1. The number of rotatable bonds is 5. The zero-order valence-corrected chi connectivity index (χ0v) is 9.69. The van der Waals surface area contributed by atoms with Crippen LogP contribution in [-0.2, 0) is 4.74 Å². The van der Waals surface area contributed by atoms with Crippen LogP contribution in [0.5, 0.6) is 0 Å². The van der Waals surface area contributed by atoms with Crippen LogP contribution in [0.2, 0.25) is 0 Å². The molecule has 0 bridgehead atoms. The van der Waals surface area contributed by atoms with Gasteiger partial charge in [-0.1, -0.05) is 0 Å². The Kier molecular flexibility index (Phi) is 5.14. The van der Waals surface area contributed by atoms with Gasteiger partial charge in [0, 0.05) is 17.9 Å². The highest BCUT2D eigenvalue weighted by atomic mass is 32.2. The fourth-order valence-electron chi connectivity index (χ4n) is 1.47. The van der Waals surface area contributed by atoms with Gasteiger partial charge in [-0.25, -0.2) is 0 Å². The van der Waals surface area contributed by atoms with Gasteiger partial charge < -0.3 is 10.1 Å². The van der Waals surface area contributed by atoms with Crippen molar-refractivity contribution in [2.75, 3.05) is 19.4 Å². The molecule has 1 heterocycles. The summed E-state index contributed by atoms with van der Waals surface area (Å²) in [5, 5.41) is 4.00. The van der Waals surface area contributed by atoms with Gasteiger partial charge in [-0.3, -0.25) is 0 Å². The molecule has 1 N–H and O–H groups in total. The molecular weight excluding hydrogens is 182 g/mol. The fourth-order valence-corrected chi connectivity index (χ4v) is 2.88. The highest BCUT2D eigenvalue weighted by molar-refractivity contribution is 7.99. The van der Waals surface area contributed by atoms with E-state index in [0.29, 0.717) is 12.1 Å². The smallest absolute Gasteiger partial charge is 0.0666 e. The molecule has 1 aliphatic heterocycles. The lowest BCUT2D eigenvalue weighted by Gasteiger charge is -2.15. The van der Waals surface area contributed by atoms with Crippen LogP contribution in [-0.4, -0.2) is 36.8 Å². The van der Waals surface area contributed by atoms with Crippen molar-refractivity contribution in [1.82, 2.24) is 5.32 Å². The largest absolute Gasteiger partial charge is 0.377 e. The molecule has 3 unspecified atom stereocenters. The van der Waals surface area contributed by atoms with Gasteiger partial charge in [-0.2, -0.15) is 11.8 Å². The molecule has 0 spiro atoms. The van der Waals surface area contributed by atoms with E-state index in [1.165, 1.54) is 18.6 Å². The highest BCUT2D eigenvalue weighted by Gasteiger charge is 2.24. The van der Waals surface area contributed by atoms with E-state index in [0.717, 1.165) is 11.9 Å². The molecule has 0 aromatic carbocycles. The Balaban J connectivity index is 2.05. The molecule has 78 valence electrons. The van der Waals surface area contributed by atoms with Crippen molar-refractivity contribution in [2.24, 2.45) is 0 Å². The standard InChI is InChI=1S/C10H21NOS/c1-8(11-3)5-7-13-10-4-6-12-9(10)2/h8-11H,4-7H2,1-3H3. The summed E-state index contributed by atoms with van der Waals surface area (Å²) in [4.78, 5) is 0. The predicted molar refractivity (Wildman–Crippen MR) is 59.4 cm³/mol. The van der Waals surface area contributed by atoms with Crippen LogP contribution in [0.1, 0.15) is 26.7 Å². The van der Waals surface area contributed by atoms with Gasteiger partial charge in [0.05, 0.1) is 6.10 Å². The summed E-state index contributed by atoms with van der Waals surface area (Å²) >= 11 is 2.07. The molecule has 13 heavy (non-hydrogen) atoms. The van der Waals surface area contributed by atoms with E-state index in [9.17, 15) is 0 Å². The molecule has 0 aliphatic carbocycles. The van der Waals surface area contributed by atoms with Gasteiger partial charge in [0.15, 0.2) is 0 Å². The van der Waals surface area contributed by atoms with E-state index in [-0.39, 0.29) is 0 Å². The second-order valence-corrected chi connectivity index (χ2v) is 5.10. The van der Waals surface area contributed by atoms with Gasteiger partial charge in [0.1, 0.15) is 0 Å². The molecule has 0 saturated carbocycles. The van der Waals surface area contributed by atoms with Gasteiger partial charge in [0.25, 0.3) is 0 Å². The van der Waals surface area contributed by atoms with Crippen molar-refractivity contribution < 1.29 is 4.74 Å². The van der Waals surface area contributed by atoms with Crippen molar-refractivity contribution >= 4 is 11.8 Å². The number of ether oxygens (including phenoxy) is 1. The highest BCUT2D eigenvalue weighted by Crippen LogP contribution is 2.26. The molecular formula is C10H21NOS. The maximum Gasteiger partial charge on any atom is 0.0666 e. The van der Waals surface area contributed by atoms with Crippen LogP contribution >= 0.6 is 11.8 Å². The van der Waals surface area contributed by atoms with Gasteiger partial charge >= 0.3 is 0 Å². The zero-order chi connectivity index (χ0) is 9.68. The minimum atomic E-state index is 0.467. The van der Waals surface area contributed by atoms with Gasteiger partial charge in [-0.15, -0.1) is 0 Å². The van der Waals surface area contributed by atoms with Crippen molar-refractivity contribution in [3.63, 3.8) is 0 Å². The fraction of sp³-hybridized carbons (Fsp3) is 1.00. The Morgan fingerprint density at radius 2 is 2.38 bits per heavy atom. The summed E-state index contributed by atoms with van der Waals surface area (Å²) in [6.07, 6.45) is 2.96. The Bertz CT molecular complexity index is 143. The summed E-state index contributed by atoms with van der Waals surface area (Å²) < 4.78 is 5.51. The van der Waals surface area contributed by atoms with Gasteiger partial charge in [-0.05, 0) is 39.5 Å². The summed E-state index contributed by atoms with van der Waals surface area (Å²) in [5.41, 5.74) is 0. The molecule has 2 nitrogen and oxygen atoms in total. The first-order chi connectivity index (χ1) is 6.24. The van der Waals surface area contributed by atoms with Crippen molar-refractivity contribution in [3.8, 4) is 0 Å². The van der Waals surface area contributed by atoms with E-state index in [1.807, 2.05) is 7.05 Å². The first-order valence-electron chi connectivity index (χ1n) is 5.14. The second-order valence-electron chi connectivity index (χ2n) is 3.75. The topological polar surface area (TPSA) is 21.3 Å². The lowest BCUT2D eigenvalue weighted by Crippen LogP contribution is -2.22. The zero-order valence-electron chi connectivity index (χ0n) is 8.88. The van der Waals surface area contributed by atoms with Crippen molar-refractivity contribution in [1.29, 1.82) is 0 Å². The normalized spacial score (nSPS) is 30.7. The summed E-state index contributed by atoms with van der Waals surface area (Å²) in [5.74, 6) is 1.25. The Labute approximate surface area is 85.8 Å². The average Bonchev–Trinajstić information content (AvgIpc) is 2.52. The first-order valence-corrected chi connectivity index (χ1v) is 6.19. The molecule has 0 radical (unpaired) electrons. The molecule has 0 aromatic rings. The van der Waals surface area contributed by atoms with Crippen LogP contribution in [0.15, 0.2) is 0 Å². The lowest BCUT2D eigenvalue weighted by atomic mass is 10.2. The monoisotopic (exact) mass is 203 g/mol. The minimum absolute atomic E-state index is 0.467. The van der Waals surface area contributed by atoms with E-state index >= 15 is 0 Å². The van der Waals surface area contributed by atoms with Crippen LogP contribution in [0.25, 0.3) is 0 Å². The van der Waals surface area contributed by atoms with E-state index in [2.05, 4.69) is 30.9 Å². The van der Waals surface area contributed by atoms with Crippen LogP contribution in [0.3, 0.4) is 0 Å². The van der Waals surface area contributed by atoms with E-state index < -0.39 is 0 Å². The van der Waals surface area contributed by atoms with Crippen LogP contribution in [0, 0.1) is 0 Å². The number of nitrogens with one attached hydrogen (secondary N) is 1. The molecule has 3 atom stereocenters. The Morgan fingerprint density at radius 3 is 2.92 bits per heavy atom. The Hall–Kier alpha value is 0.270. The third-order valence-electron chi connectivity index (χ3n) is 2.68. The third-order valence-corrected chi connectivity index (χ3v) is 4.20. The van der Waals surface area contributed by atoms with Crippen LogP contribution < -0.4 is 5.32 Å². The molecule has 1 saturated heterocycles. The first kappa shape index (κ1) is 11.3. The maximum atomic E-state index is 5.51. The van der Waals surface area contributed by atoms with Crippen molar-refractivity contribution in [3.05, 3.63) is 0 Å². The molecule has 1 aliphatic rings. The van der Waals surface area contributed by atoms with E-state index in [4.69, 9.17) is 4.74 Å². The molecule has 1 fully saturated rings. The molecule has 1 rings (SSSR count). The quantitative estimate of drug-likeness (QED) is 0.737. The minimum Gasteiger partial charge on any atom is -0.377 e. The lowest BCUT2D eigenvalue weighted by molar-refractivity contribution is 0.127. The third kappa shape index (κ3) is 3.88. The summed E-state index contributed by atoms with van der Waals surface area (Å²) in [7, 11) is 2.02. The molecule has 0 aromatic heterocycles. The maximum absolute atomic E-state index is 5.51. The van der Waals surface area contributed by atoms with Gasteiger partial charge in [0.2, 0.25) is 0 Å². The number of hydrogen-bond acceptors (Lipinski definition) is 3. The molecule has 3 heteroatoms. The van der Waals surface area contributed by atoms with Crippen LogP contribution in [0.4, 0.5) is 0 Å². The van der Waals surface area contributed by atoms with Crippen molar-refractivity contribution in [2.45, 2.75) is 44.1 Å².